The lowest BCUT2D eigenvalue weighted by molar-refractivity contribution is -0.119. The van der Waals surface area contributed by atoms with E-state index in [2.05, 4.69) is 20.8 Å². The summed E-state index contributed by atoms with van der Waals surface area (Å²) < 4.78 is 15.0. The van der Waals surface area contributed by atoms with Crippen molar-refractivity contribution in [1.82, 2.24) is 25.5 Å². The average Bonchev–Trinajstić information content (AvgIpc) is 3.44. The Morgan fingerprint density at radius 1 is 1.10 bits per heavy atom. The fraction of sp³-hybridized carbons (Fsp3) is 0.143. The summed E-state index contributed by atoms with van der Waals surface area (Å²) >= 11 is 2.82. The number of hydrogen-bond acceptors (Lipinski definition) is 6. The smallest absolute Gasteiger partial charge is 0.231 e. The lowest BCUT2D eigenvalue weighted by atomic mass is 10.1. The molecule has 0 aliphatic heterocycles. The van der Waals surface area contributed by atoms with Gasteiger partial charge in [-0.05, 0) is 45.1 Å². The van der Waals surface area contributed by atoms with E-state index in [4.69, 9.17) is 0 Å². The average molecular weight is 440 g/mol. The quantitative estimate of drug-likeness (QED) is 0.421. The van der Waals surface area contributed by atoms with Crippen LogP contribution in [0.2, 0.25) is 0 Å². The molecule has 0 unspecified atom stereocenters. The fourth-order valence-corrected chi connectivity index (χ4v) is 4.41. The van der Waals surface area contributed by atoms with Crippen molar-refractivity contribution in [3.05, 3.63) is 93.9 Å². The van der Waals surface area contributed by atoms with Gasteiger partial charge in [-0.3, -0.25) is 4.79 Å². The van der Waals surface area contributed by atoms with Crippen LogP contribution in [-0.2, 0) is 11.3 Å². The summed E-state index contributed by atoms with van der Waals surface area (Å²) in [5, 5.41) is 17.3. The number of aromatic nitrogens is 4. The van der Waals surface area contributed by atoms with Crippen LogP contribution in [0.4, 0.5) is 4.39 Å². The van der Waals surface area contributed by atoms with Gasteiger partial charge in [-0.2, -0.15) is 0 Å². The molecule has 4 rings (SSSR count). The van der Waals surface area contributed by atoms with Crippen molar-refractivity contribution in [2.24, 2.45) is 0 Å². The van der Waals surface area contributed by atoms with Crippen LogP contribution in [0.25, 0.3) is 0 Å². The van der Waals surface area contributed by atoms with Crippen molar-refractivity contribution >= 4 is 29.0 Å². The third-order valence-electron chi connectivity index (χ3n) is 4.34. The number of amides is 1. The summed E-state index contributed by atoms with van der Waals surface area (Å²) in [7, 11) is 0. The lowest BCUT2D eigenvalue weighted by Crippen LogP contribution is -2.30. The number of tetrazole rings is 1. The van der Waals surface area contributed by atoms with E-state index in [0.717, 1.165) is 16.0 Å². The highest BCUT2D eigenvalue weighted by atomic mass is 32.2. The second-order valence-corrected chi connectivity index (χ2v) is 8.38. The van der Waals surface area contributed by atoms with Gasteiger partial charge in [0.15, 0.2) is 0 Å². The number of halogens is 1. The van der Waals surface area contributed by atoms with Gasteiger partial charge in [-0.1, -0.05) is 60.3 Å². The largest absolute Gasteiger partial charge is 0.344 e. The van der Waals surface area contributed by atoms with Crippen LogP contribution < -0.4 is 5.32 Å². The molecule has 2 aromatic carbocycles. The van der Waals surface area contributed by atoms with Crippen LogP contribution in [0.1, 0.15) is 22.0 Å². The predicted octanol–water partition coefficient (Wildman–Crippen LogP) is 3.92. The molecule has 0 bridgehead atoms. The Hall–Kier alpha value is -3.04. The van der Waals surface area contributed by atoms with Crippen molar-refractivity contribution in [1.29, 1.82) is 0 Å². The van der Waals surface area contributed by atoms with Gasteiger partial charge < -0.3 is 5.32 Å². The molecular weight excluding hydrogens is 421 g/mol. The normalized spacial score (nSPS) is 11.9. The zero-order valence-corrected chi connectivity index (χ0v) is 17.4. The molecule has 2 aromatic heterocycles. The maximum absolute atomic E-state index is 13.3. The van der Waals surface area contributed by atoms with E-state index >= 15 is 0 Å². The monoisotopic (exact) mass is 439 g/mol. The van der Waals surface area contributed by atoms with Gasteiger partial charge in [0.2, 0.25) is 11.1 Å². The lowest BCUT2D eigenvalue weighted by Gasteiger charge is -2.18. The highest BCUT2D eigenvalue weighted by Gasteiger charge is 2.19. The number of thioether (sulfide) groups is 1. The van der Waals surface area contributed by atoms with Gasteiger partial charge in [-0.15, -0.1) is 16.4 Å². The molecule has 0 saturated carbocycles. The first kappa shape index (κ1) is 20.2. The standard InChI is InChI=1S/C21H18FN5OS2/c22-17-10-8-16(9-11-17)20(18-7-4-12-29-18)23-19(28)14-30-21-24-25-26-27(21)13-15-5-2-1-3-6-15/h1-12,20H,13-14H2,(H,23,28)/t20-/m1/s1. The van der Waals surface area contributed by atoms with E-state index in [1.165, 1.54) is 35.2 Å². The summed E-state index contributed by atoms with van der Waals surface area (Å²) in [5.41, 5.74) is 1.90. The number of nitrogens with one attached hydrogen (secondary N) is 1. The molecule has 1 atom stereocenters. The molecule has 0 spiro atoms. The molecule has 9 heteroatoms. The maximum Gasteiger partial charge on any atom is 0.231 e. The van der Waals surface area contributed by atoms with Gasteiger partial charge in [0, 0.05) is 4.88 Å². The second-order valence-electron chi connectivity index (χ2n) is 6.46. The number of rotatable bonds is 8. The molecule has 0 radical (unpaired) electrons. The Morgan fingerprint density at radius 2 is 1.90 bits per heavy atom. The van der Waals surface area contributed by atoms with E-state index in [1.807, 2.05) is 47.8 Å². The van der Waals surface area contributed by atoms with E-state index in [-0.39, 0.29) is 23.5 Å². The SMILES string of the molecule is O=C(CSc1nnnn1Cc1ccccc1)N[C@H](c1ccc(F)cc1)c1cccs1. The van der Waals surface area contributed by atoms with Gasteiger partial charge in [-0.25, -0.2) is 9.07 Å². The number of hydrogen-bond donors (Lipinski definition) is 1. The molecule has 2 heterocycles. The number of benzene rings is 2. The molecule has 0 saturated heterocycles. The van der Waals surface area contributed by atoms with Crippen molar-refractivity contribution in [3.63, 3.8) is 0 Å². The van der Waals surface area contributed by atoms with E-state index in [1.54, 1.807) is 16.8 Å². The summed E-state index contributed by atoms with van der Waals surface area (Å²) in [6, 6.07) is 19.6. The molecule has 152 valence electrons. The molecule has 0 fully saturated rings. The summed E-state index contributed by atoms with van der Waals surface area (Å²) in [4.78, 5) is 13.7. The Morgan fingerprint density at radius 3 is 2.63 bits per heavy atom. The number of nitrogens with zero attached hydrogens (tertiary/aromatic N) is 4. The van der Waals surface area contributed by atoms with Crippen LogP contribution in [0.3, 0.4) is 0 Å². The minimum absolute atomic E-state index is 0.156. The Bertz CT molecular complexity index is 1080. The molecule has 1 N–H and O–H groups in total. The van der Waals surface area contributed by atoms with E-state index < -0.39 is 0 Å². The van der Waals surface area contributed by atoms with Crippen LogP contribution in [0, 0.1) is 5.82 Å². The minimum Gasteiger partial charge on any atom is -0.344 e. The summed E-state index contributed by atoms with van der Waals surface area (Å²) in [6.07, 6.45) is 0. The van der Waals surface area contributed by atoms with Gasteiger partial charge in [0.1, 0.15) is 5.82 Å². The Balaban J connectivity index is 1.41. The molecule has 0 aliphatic rings. The third-order valence-corrected chi connectivity index (χ3v) is 6.24. The molecular formula is C21H18FN5OS2. The Labute approximate surface area is 181 Å². The van der Waals surface area contributed by atoms with Crippen molar-refractivity contribution in [2.45, 2.75) is 17.7 Å². The highest BCUT2D eigenvalue weighted by molar-refractivity contribution is 7.99. The number of carbonyl (C=O) groups is 1. The topological polar surface area (TPSA) is 72.7 Å². The van der Waals surface area contributed by atoms with Crippen molar-refractivity contribution in [3.8, 4) is 0 Å². The first-order chi connectivity index (χ1) is 14.7. The molecule has 30 heavy (non-hydrogen) atoms. The van der Waals surface area contributed by atoms with Gasteiger partial charge >= 0.3 is 0 Å². The predicted molar refractivity (Wildman–Crippen MR) is 115 cm³/mol. The van der Waals surface area contributed by atoms with Crippen LogP contribution in [0.5, 0.6) is 0 Å². The van der Waals surface area contributed by atoms with Crippen LogP contribution in [-0.4, -0.2) is 31.9 Å². The molecule has 6 nitrogen and oxygen atoms in total. The zero-order valence-electron chi connectivity index (χ0n) is 15.8. The Kier molecular flexibility index (Phi) is 6.50. The second kappa shape index (κ2) is 9.64. The van der Waals surface area contributed by atoms with Crippen LogP contribution in [0.15, 0.2) is 77.3 Å². The van der Waals surface area contributed by atoms with E-state index in [0.29, 0.717) is 11.7 Å². The maximum atomic E-state index is 13.3. The fourth-order valence-electron chi connectivity index (χ4n) is 2.92. The molecule has 0 aliphatic carbocycles. The van der Waals surface area contributed by atoms with E-state index in [9.17, 15) is 9.18 Å². The summed E-state index contributed by atoms with van der Waals surface area (Å²) in [5.74, 6) is -0.300. The van der Waals surface area contributed by atoms with Crippen molar-refractivity contribution < 1.29 is 9.18 Å². The van der Waals surface area contributed by atoms with Gasteiger partial charge in [0.25, 0.3) is 0 Å². The zero-order chi connectivity index (χ0) is 20.8. The first-order valence-electron chi connectivity index (χ1n) is 9.20. The molecule has 4 aromatic rings. The van der Waals surface area contributed by atoms with Gasteiger partial charge in [0.05, 0.1) is 18.3 Å². The van der Waals surface area contributed by atoms with Crippen molar-refractivity contribution in [2.75, 3.05) is 5.75 Å². The first-order valence-corrected chi connectivity index (χ1v) is 11.1. The number of thiophene rings is 1. The number of carbonyl (C=O) groups excluding carboxylic acids is 1. The highest BCUT2D eigenvalue weighted by Crippen LogP contribution is 2.26. The minimum atomic E-state index is -0.334. The van der Waals surface area contributed by atoms with Crippen LogP contribution >= 0.6 is 23.1 Å². The molecule has 1 amide bonds. The third kappa shape index (κ3) is 5.11. The summed E-state index contributed by atoms with van der Waals surface area (Å²) in [6.45, 7) is 0.533.